The van der Waals surface area contributed by atoms with Crippen molar-refractivity contribution in [2.24, 2.45) is 0 Å². The first-order chi connectivity index (χ1) is 8.58. The van der Waals surface area contributed by atoms with Crippen LogP contribution in [0.5, 0.6) is 5.75 Å². The van der Waals surface area contributed by atoms with E-state index in [1.165, 1.54) is 26.2 Å². The van der Waals surface area contributed by atoms with Gasteiger partial charge in [-0.3, -0.25) is 9.59 Å². The number of hydrogen-bond donors (Lipinski definition) is 1. The molecule has 0 aliphatic rings. The summed E-state index contributed by atoms with van der Waals surface area (Å²) in [6.07, 6.45) is 0.418. The van der Waals surface area contributed by atoms with Crippen molar-refractivity contribution in [1.82, 2.24) is 5.32 Å². The molecule has 0 aliphatic carbocycles. The molecule has 0 bridgehead atoms. The first-order valence-corrected chi connectivity index (χ1v) is 5.14. The van der Waals surface area contributed by atoms with Crippen molar-refractivity contribution in [2.75, 3.05) is 7.11 Å². The number of amides is 1. The van der Waals surface area contributed by atoms with Crippen molar-refractivity contribution in [3.8, 4) is 5.75 Å². The maximum Gasteiger partial charge on any atom is 0.333 e. The van der Waals surface area contributed by atoms with E-state index in [0.717, 1.165) is 0 Å². The van der Waals surface area contributed by atoms with E-state index in [2.05, 4.69) is 10.1 Å². The van der Waals surface area contributed by atoms with Crippen LogP contribution in [0.1, 0.15) is 18.5 Å². The zero-order valence-corrected chi connectivity index (χ0v) is 10.0. The van der Waals surface area contributed by atoms with E-state index in [-0.39, 0.29) is 0 Å². The van der Waals surface area contributed by atoms with Crippen LogP contribution in [-0.2, 0) is 19.1 Å². The van der Waals surface area contributed by atoms with Crippen LogP contribution in [0.4, 0.5) is 0 Å². The number of nitrogens with one attached hydrogen (secondary N) is 1. The Hall–Kier alpha value is -2.37. The van der Waals surface area contributed by atoms with Gasteiger partial charge in [0.25, 0.3) is 0 Å². The molecule has 0 aromatic heterocycles. The topological polar surface area (TPSA) is 81.7 Å². The van der Waals surface area contributed by atoms with Crippen LogP contribution >= 0.6 is 0 Å². The molecule has 1 unspecified atom stereocenters. The highest BCUT2D eigenvalue weighted by Crippen LogP contribution is 2.18. The summed E-state index contributed by atoms with van der Waals surface area (Å²) in [5.41, 5.74) is 0.532. The van der Waals surface area contributed by atoms with Gasteiger partial charge in [-0.15, -0.1) is 0 Å². The second-order valence-corrected chi connectivity index (χ2v) is 3.40. The van der Waals surface area contributed by atoms with E-state index in [9.17, 15) is 14.4 Å². The predicted octanol–water partition coefficient (Wildman–Crippen LogP) is 0.572. The van der Waals surface area contributed by atoms with Gasteiger partial charge in [-0.2, -0.15) is 0 Å². The summed E-state index contributed by atoms with van der Waals surface area (Å²) < 4.78 is 9.42. The average molecular weight is 251 g/mol. The highest BCUT2D eigenvalue weighted by Gasteiger charge is 2.20. The van der Waals surface area contributed by atoms with Crippen LogP contribution in [0.15, 0.2) is 24.3 Å². The summed E-state index contributed by atoms with van der Waals surface area (Å²) in [5.74, 6) is -0.651. The van der Waals surface area contributed by atoms with Crippen LogP contribution in [0.2, 0.25) is 0 Å². The molecule has 0 aliphatic heterocycles. The number of carbonyl (C=O) groups excluding carboxylic acids is 3. The Kier molecular flexibility index (Phi) is 4.86. The van der Waals surface area contributed by atoms with Crippen LogP contribution in [0.3, 0.4) is 0 Å². The van der Waals surface area contributed by atoms with Crippen molar-refractivity contribution in [1.29, 1.82) is 0 Å². The monoisotopic (exact) mass is 251 g/mol. The largest absolute Gasteiger partial charge is 0.467 e. The molecule has 0 heterocycles. The van der Waals surface area contributed by atoms with Crippen molar-refractivity contribution >= 4 is 18.3 Å². The van der Waals surface area contributed by atoms with Gasteiger partial charge in [-0.05, 0) is 17.7 Å². The zero-order valence-electron chi connectivity index (χ0n) is 10.0. The minimum absolute atomic E-state index is 0.362. The molecule has 18 heavy (non-hydrogen) atoms. The Morgan fingerprint density at radius 3 is 2.33 bits per heavy atom. The van der Waals surface area contributed by atoms with Gasteiger partial charge in [-0.25, -0.2) is 4.79 Å². The van der Waals surface area contributed by atoms with Crippen LogP contribution < -0.4 is 10.1 Å². The first-order valence-electron chi connectivity index (χ1n) is 5.14. The molecule has 0 fully saturated rings. The second-order valence-electron chi connectivity index (χ2n) is 3.40. The minimum atomic E-state index is -0.876. The van der Waals surface area contributed by atoms with Gasteiger partial charge < -0.3 is 14.8 Å². The van der Waals surface area contributed by atoms with Gasteiger partial charge in [0, 0.05) is 6.92 Å². The lowest BCUT2D eigenvalue weighted by Gasteiger charge is -2.14. The third kappa shape index (κ3) is 3.58. The van der Waals surface area contributed by atoms with E-state index >= 15 is 0 Å². The molecule has 0 radical (unpaired) electrons. The fourth-order valence-corrected chi connectivity index (χ4v) is 1.38. The third-order valence-corrected chi connectivity index (χ3v) is 2.15. The summed E-state index contributed by atoms with van der Waals surface area (Å²) >= 11 is 0. The molecule has 1 atom stereocenters. The molecule has 1 N–H and O–H groups in total. The van der Waals surface area contributed by atoms with Crippen LogP contribution in [-0.4, -0.2) is 25.5 Å². The molecule has 1 aromatic carbocycles. The SMILES string of the molecule is COC(=O)C(NC=O)c1ccc(OC(C)=O)cc1. The quantitative estimate of drug-likeness (QED) is 0.470. The fourth-order valence-electron chi connectivity index (χ4n) is 1.38. The maximum atomic E-state index is 11.4. The molecule has 0 spiro atoms. The zero-order chi connectivity index (χ0) is 13.5. The maximum absolute atomic E-state index is 11.4. The van der Waals surface area contributed by atoms with Gasteiger partial charge in [0.2, 0.25) is 6.41 Å². The molecule has 1 rings (SSSR count). The van der Waals surface area contributed by atoms with Crippen molar-refractivity contribution in [3.63, 3.8) is 0 Å². The van der Waals surface area contributed by atoms with Gasteiger partial charge in [0.05, 0.1) is 7.11 Å². The van der Waals surface area contributed by atoms with E-state index in [1.54, 1.807) is 12.1 Å². The van der Waals surface area contributed by atoms with E-state index in [0.29, 0.717) is 17.7 Å². The average Bonchev–Trinajstić information content (AvgIpc) is 2.35. The smallest absolute Gasteiger partial charge is 0.333 e. The number of ether oxygens (including phenoxy) is 2. The molecule has 96 valence electrons. The lowest BCUT2D eigenvalue weighted by molar-refractivity contribution is -0.144. The molecule has 6 heteroatoms. The highest BCUT2D eigenvalue weighted by molar-refractivity contribution is 5.80. The number of methoxy groups -OCH3 is 1. The molecule has 6 nitrogen and oxygen atoms in total. The van der Waals surface area contributed by atoms with E-state index in [1.807, 2.05) is 0 Å². The van der Waals surface area contributed by atoms with Crippen molar-refractivity contribution in [3.05, 3.63) is 29.8 Å². The number of esters is 2. The van der Waals surface area contributed by atoms with Crippen LogP contribution in [0, 0.1) is 0 Å². The molecule has 0 saturated carbocycles. The summed E-state index contributed by atoms with van der Waals surface area (Å²) in [7, 11) is 1.23. The van der Waals surface area contributed by atoms with Crippen LogP contribution in [0.25, 0.3) is 0 Å². The Balaban J connectivity index is 2.89. The highest BCUT2D eigenvalue weighted by atomic mass is 16.5. The van der Waals surface area contributed by atoms with Crippen molar-refractivity contribution < 1.29 is 23.9 Å². The first kappa shape index (κ1) is 13.7. The molecule has 1 aromatic rings. The lowest BCUT2D eigenvalue weighted by Crippen LogP contribution is -2.28. The van der Waals surface area contributed by atoms with Gasteiger partial charge >= 0.3 is 11.9 Å². The Labute approximate surface area is 104 Å². The second kappa shape index (κ2) is 6.39. The molecular weight excluding hydrogens is 238 g/mol. The Morgan fingerprint density at radius 1 is 1.28 bits per heavy atom. The number of benzene rings is 1. The number of carbonyl (C=O) groups is 3. The van der Waals surface area contributed by atoms with Gasteiger partial charge in [0.15, 0.2) is 6.04 Å². The summed E-state index contributed by atoms with van der Waals surface area (Å²) in [6.45, 7) is 1.29. The minimum Gasteiger partial charge on any atom is -0.467 e. The third-order valence-electron chi connectivity index (χ3n) is 2.15. The fraction of sp³-hybridized carbons (Fsp3) is 0.250. The van der Waals surface area contributed by atoms with Gasteiger partial charge in [0.1, 0.15) is 5.75 Å². The van der Waals surface area contributed by atoms with E-state index < -0.39 is 18.0 Å². The normalized spacial score (nSPS) is 11.2. The molecular formula is C12H13NO5. The van der Waals surface area contributed by atoms with Crippen molar-refractivity contribution in [2.45, 2.75) is 13.0 Å². The standard InChI is InChI=1S/C12H13NO5/c1-8(15)18-10-5-3-9(4-6-10)11(13-7-14)12(16)17-2/h3-7,11H,1-2H3,(H,13,14). The van der Waals surface area contributed by atoms with Gasteiger partial charge in [-0.1, -0.05) is 12.1 Å². The summed E-state index contributed by atoms with van der Waals surface area (Å²) in [4.78, 5) is 32.6. The summed E-state index contributed by atoms with van der Waals surface area (Å²) in [6, 6.07) is 5.31. The Bertz CT molecular complexity index is 440. The molecule has 1 amide bonds. The van der Waals surface area contributed by atoms with E-state index in [4.69, 9.17) is 4.74 Å². The predicted molar refractivity (Wildman–Crippen MR) is 61.7 cm³/mol. The Morgan fingerprint density at radius 2 is 1.89 bits per heavy atom. The number of rotatable bonds is 5. The summed E-state index contributed by atoms with van der Waals surface area (Å²) in [5, 5.41) is 2.35. The number of hydrogen-bond acceptors (Lipinski definition) is 5. The molecule has 0 saturated heterocycles. The lowest BCUT2D eigenvalue weighted by atomic mass is 10.1.